The molecule has 0 fully saturated rings. The summed E-state index contributed by atoms with van der Waals surface area (Å²) < 4.78 is 4.75. The van der Waals surface area contributed by atoms with Gasteiger partial charge in [-0.3, -0.25) is 9.59 Å². The van der Waals surface area contributed by atoms with E-state index in [2.05, 4.69) is 10.6 Å². The summed E-state index contributed by atoms with van der Waals surface area (Å²) in [5.41, 5.74) is -1.10. The maximum absolute atomic E-state index is 11.6. The zero-order chi connectivity index (χ0) is 15.0. The summed E-state index contributed by atoms with van der Waals surface area (Å²) in [5, 5.41) is 32.0. The van der Waals surface area contributed by atoms with Gasteiger partial charge in [0.25, 0.3) is 5.91 Å². The molecule has 112 valence electrons. The highest BCUT2D eigenvalue weighted by molar-refractivity contribution is 5.94. The van der Waals surface area contributed by atoms with Gasteiger partial charge in [-0.15, -0.1) is 0 Å². The molecule has 1 aromatic heterocycles. The third-order valence-electron chi connectivity index (χ3n) is 2.73. The second-order valence-electron chi connectivity index (χ2n) is 4.32. The van der Waals surface area contributed by atoms with Crippen molar-refractivity contribution < 1.29 is 29.3 Å². The summed E-state index contributed by atoms with van der Waals surface area (Å²) in [5.74, 6) is -0.876. The highest BCUT2D eigenvalue weighted by atomic mass is 16.3. The standard InChI is InChI=1S/C12H18N2O6/c15-6-12(7-16,8-17)14-10(18)1-3-13-11(19)9-2-4-20-5-9/h2,4-5,15-17H,1,3,6-8H2,(H,13,19)(H,14,18). The van der Waals surface area contributed by atoms with E-state index in [-0.39, 0.29) is 18.9 Å². The van der Waals surface area contributed by atoms with E-state index in [1.165, 1.54) is 18.6 Å². The molecule has 20 heavy (non-hydrogen) atoms. The summed E-state index contributed by atoms with van der Waals surface area (Å²) in [4.78, 5) is 23.1. The molecule has 0 spiro atoms. The first-order valence-electron chi connectivity index (χ1n) is 6.01. The fourth-order valence-corrected chi connectivity index (χ4v) is 1.41. The Balaban J connectivity index is 2.35. The van der Waals surface area contributed by atoms with Gasteiger partial charge in [0.1, 0.15) is 11.8 Å². The molecule has 0 bridgehead atoms. The third kappa shape index (κ3) is 4.34. The molecule has 8 nitrogen and oxygen atoms in total. The zero-order valence-corrected chi connectivity index (χ0v) is 10.8. The molecule has 0 aliphatic heterocycles. The average Bonchev–Trinajstić information content (AvgIpc) is 2.99. The van der Waals surface area contributed by atoms with Crippen LogP contribution in [-0.2, 0) is 4.79 Å². The minimum absolute atomic E-state index is 0.0503. The highest BCUT2D eigenvalue weighted by Crippen LogP contribution is 2.02. The molecule has 0 aromatic carbocycles. The zero-order valence-electron chi connectivity index (χ0n) is 10.8. The van der Waals surface area contributed by atoms with Gasteiger partial charge in [-0.25, -0.2) is 0 Å². The lowest BCUT2D eigenvalue weighted by molar-refractivity contribution is -0.125. The lowest BCUT2D eigenvalue weighted by Gasteiger charge is -2.28. The van der Waals surface area contributed by atoms with Crippen LogP contribution in [0.3, 0.4) is 0 Å². The van der Waals surface area contributed by atoms with Crippen molar-refractivity contribution in [3.8, 4) is 0 Å². The van der Waals surface area contributed by atoms with E-state index in [4.69, 9.17) is 19.7 Å². The Bertz CT molecular complexity index is 419. The maximum atomic E-state index is 11.6. The number of furan rings is 1. The van der Waals surface area contributed by atoms with Crippen LogP contribution in [0.2, 0.25) is 0 Å². The van der Waals surface area contributed by atoms with Crippen molar-refractivity contribution in [2.75, 3.05) is 26.4 Å². The Morgan fingerprint density at radius 3 is 2.35 bits per heavy atom. The van der Waals surface area contributed by atoms with Crippen molar-refractivity contribution in [1.82, 2.24) is 10.6 Å². The van der Waals surface area contributed by atoms with Crippen LogP contribution in [0.25, 0.3) is 0 Å². The lowest BCUT2D eigenvalue weighted by Crippen LogP contribution is -2.57. The maximum Gasteiger partial charge on any atom is 0.254 e. The Labute approximate surface area is 115 Å². The highest BCUT2D eigenvalue weighted by Gasteiger charge is 2.29. The monoisotopic (exact) mass is 286 g/mol. The molecule has 0 unspecified atom stereocenters. The van der Waals surface area contributed by atoms with Crippen molar-refractivity contribution >= 4 is 11.8 Å². The van der Waals surface area contributed by atoms with Crippen LogP contribution in [0.4, 0.5) is 0 Å². The first kappa shape index (κ1) is 16.2. The molecule has 8 heteroatoms. The molecule has 0 radical (unpaired) electrons. The summed E-state index contributed by atoms with van der Waals surface area (Å²) in [6, 6.07) is 1.49. The second kappa shape index (κ2) is 7.63. The van der Waals surface area contributed by atoms with Crippen LogP contribution in [0, 0.1) is 0 Å². The lowest BCUT2D eigenvalue weighted by atomic mass is 10.0. The van der Waals surface area contributed by atoms with E-state index in [9.17, 15) is 9.59 Å². The summed E-state index contributed by atoms with van der Waals surface area (Å²) in [6.45, 7) is -1.69. The van der Waals surface area contributed by atoms with Crippen molar-refractivity contribution in [3.05, 3.63) is 24.2 Å². The molecule has 0 aliphatic rings. The van der Waals surface area contributed by atoms with Crippen molar-refractivity contribution in [1.29, 1.82) is 0 Å². The predicted octanol–water partition coefficient (Wildman–Crippen LogP) is -1.77. The minimum atomic E-state index is -1.45. The Morgan fingerprint density at radius 2 is 1.85 bits per heavy atom. The van der Waals surface area contributed by atoms with Gasteiger partial charge >= 0.3 is 0 Å². The molecule has 1 rings (SSSR count). The number of aliphatic hydroxyl groups excluding tert-OH is 3. The molecule has 0 saturated carbocycles. The van der Waals surface area contributed by atoms with Gasteiger partial charge in [-0.05, 0) is 6.07 Å². The van der Waals surface area contributed by atoms with Crippen LogP contribution in [-0.4, -0.2) is 59.0 Å². The average molecular weight is 286 g/mol. The third-order valence-corrected chi connectivity index (χ3v) is 2.73. The van der Waals surface area contributed by atoms with Crippen LogP contribution >= 0.6 is 0 Å². The summed E-state index contributed by atoms with van der Waals surface area (Å²) in [6.07, 6.45) is 2.59. The van der Waals surface area contributed by atoms with Gasteiger partial charge in [-0.2, -0.15) is 0 Å². The van der Waals surface area contributed by atoms with Crippen molar-refractivity contribution in [2.24, 2.45) is 0 Å². The number of carbonyl (C=O) groups excluding carboxylic acids is 2. The molecule has 0 saturated heterocycles. The smallest absolute Gasteiger partial charge is 0.254 e. The van der Waals surface area contributed by atoms with E-state index in [1.54, 1.807) is 0 Å². The fraction of sp³-hybridized carbons (Fsp3) is 0.500. The van der Waals surface area contributed by atoms with E-state index in [0.717, 1.165) is 0 Å². The number of aliphatic hydroxyl groups is 3. The van der Waals surface area contributed by atoms with Crippen LogP contribution < -0.4 is 10.6 Å². The minimum Gasteiger partial charge on any atom is -0.472 e. The number of hydrogen-bond acceptors (Lipinski definition) is 6. The van der Waals surface area contributed by atoms with Gasteiger partial charge in [-0.1, -0.05) is 0 Å². The van der Waals surface area contributed by atoms with Crippen LogP contribution in [0.5, 0.6) is 0 Å². The van der Waals surface area contributed by atoms with Gasteiger partial charge in [0.2, 0.25) is 5.91 Å². The Morgan fingerprint density at radius 1 is 1.20 bits per heavy atom. The summed E-state index contributed by atoms with van der Waals surface area (Å²) in [7, 11) is 0. The molecular weight excluding hydrogens is 268 g/mol. The van der Waals surface area contributed by atoms with E-state index in [1.807, 2.05) is 0 Å². The van der Waals surface area contributed by atoms with E-state index < -0.39 is 31.3 Å². The van der Waals surface area contributed by atoms with E-state index in [0.29, 0.717) is 5.56 Å². The van der Waals surface area contributed by atoms with Crippen molar-refractivity contribution in [3.63, 3.8) is 0 Å². The second-order valence-corrected chi connectivity index (χ2v) is 4.32. The number of amides is 2. The van der Waals surface area contributed by atoms with Crippen LogP contribution in [0.1, 0.15) is 16.8 Å². The Kier molecular flexibility index (Phi) is 6.16. The molecular formula is C12H18N2O6. The molecule has 5 N–H and O–H groups in total. The molecule has 1 aromatic rings. The molecule has 0 atom stereocenters. The number of carbonyl (C=O) groups is 2. The first-order valence-corrected chi connectivity index (χ1v) is 6.01. The van der Waals surface area contributed by atoms with Gasteiger partial charge in [0.05, 0.1) is 31.6 Å². The van der Waals surface area contributed by atoms with Gasteiger partial charge < -0.3 is 30.4 Å². The fourth-order valence-electron chi connectivity index (χ4n) is 1.41. The first-order chi connectivity index (χ1) is 9.56. The van der Waals surface area contributed by atoms with E-state index >= 15 is 0 Å². The van der Waals surface area contributed by atoms with Crippen LogP contribution in [0.15, 0.2) is 23.0 Å². The number of nitrogens with one attached hydrogen (secondary N) is 2. The normalized spacial score (nSPS) is 11.2. The molecule has 2 amide bonds. The van der Waals surface area contributed by atoms with Gasteiger partial charge in [0, 0.05) is 13.0 Å². The van der Waals surface area contributed by atoms with Crippen molar-refractivity contribution in [2.45, 2.75) is 12.0 Å². The quantitative estimate of drug-likeness (QED) is 0.384. The Hall–Kier alpha value is -1.90. The number of rotatable bonds is 8. The topological polar surface area (TPSA) is 132 Å². The van der Waals surface area contributed by atoms with Gasteiger partial charge in [0.15, 0.2) is 0 Å². The molecule has 0 aliphatic carbocycles. The SMILES string of the molecule is O=C(CCNC(=O)c1ccoc1)NC(CO)(CO)CO. The predicted molar refractivity (Wildman–Crippen MR) is 67.8 cm³/mol. The largest absolute Gasteiger partial charge is 0.472 e. The summed E-state index contributed by atoms with van der Waals surface area (Å²) >= 11 is 0. The number of hydrogen-bond donors (Lipinski definition) is 5. The molecule has 1 heterocycles.